The number of carbonyl (C=O) groups is 1. The second-order valence-electron chi connectivity index (χ2n) is 5.88. The van der Waals surface area contributed by atoms with Gasteiger partial charge in [-0.05, 0) is 37.3 Å². The van der Waals surface area contributed by atoms with Gasteiger partial charge in [0.25, 0.3) is 0 Å². The van der Waals surface area contributed by atoms with E-state index in [4.69, 9.17) is 4.74 Å². The van der Waals surface area contributed by atoms with Crippen molar-refractivity contribution in [3.05, 3.63) is 35.4 Å². The monoisotopic (exact) mass is 263 g/mol. The molecule has 106 valence electrons. The van der Waals surface area contributed by atoms with Crippen LogP contribution in [0.2, 0.25) is 0 Å². The number of hydrogen-bond acceptors (Lipinski definition) is 3. The van der Waals surface area contributed by atoms with Crippen molar-refractivity contribution in [2.45, 2.75) is 46.2 Å². The zero-order valence-corrected chi connectivity index (χ0v) is 12.6. The first kappa shape index (κ1) is 15.7. The number of methoxy groups -OCH3 is 1. The highest BCUT2D eigenvalue weighted by atomic mass is 16.5. The van der Waals surface area contributed by atoms with Crippen molar-refractivity contribution in [2.75, 3.05) is 7.11 Å². The smallest absolute Gasteiger partial charge is 0.325 e. The van der Waals surface area contributed by atoms with Gasteiger partial charge in [0.05, 0.1) is 7.11 Å². The molecule has 1 rings (SSSR count). The third-order valence-corrected chi connectivity index (χ3v) is 3.10. The third-order valence-electron chi connectivity index (χ3n) is 3.10. The Morgan fingerprint density at radius 3 is 2.21 bits per heavy atom. The van der Waals surface area contributed by atoms with Gasteiger partial charge in [0.15, 0.2) is 0 Å². The van der Waals surface area contributed by atoms with Crippen LogP contribution in [-0.2, 0) is 22.5 Å². The average molecular weight is 263 g/mol. The van der Waals surface area contributed by atoms with Gasteiger partial charge in [0, 0.05) is 6.54 Å². The van der Waals surface area contributed by atoms with Crippen LogP contribution in [0.15, 0.2) is 24.3 Å². The molecule has 3 nitrogen and oxygen atoms in total. The summed E-state index contributed by atoms with van der Waals surface area (Å²) in [4.78, 5) is 11.5. The lowest BCUT2D eigenvalue weighted by Crippen LogP contribution is -2.46. The summed E-state index contributed by atoms with van der Waals surface area (Å²) in [6.45, 7) is 8.74. The SMILES string of the molecule is COC(=O)C(C)(C)NCc1ccc(CC(C)C)cc1. The summed E-state index contributed by atoms with van der Waals surface area (Å²) in [5.41, 5.74) is 1.86. The van der Waals surface area contributed by atoms with Gasteiger partial charge in [0.1, 0.15) is 5.54 Å². The Hall–Kier alpha value is -1.35. The van der Waals surface area contributed by atoms with E-state index in [1.54, 1.807) is 0 Å². The minimum atomic E-state index is -0.661. The van der Waals surface area contributed by atoms with Crippen molar-refractivity contribution in [3.8, 4) is 0 Å². The van der Waals surface area contributed by atoms with Crippen LogP contribution in [0.4, 0.5) is 0 Å². The van der Waals surface area contributed by atoms with Crippen molar-refractivity contribution in [3.63, 3.8) is 0 Å². The van der Waals surface area contributed by atoms with Gasteiger partial charge >= 0.3 is 5.97 Å². The Labute approximate surface area is 116 Å². The van der Waals surface area contributed by atoms with Crippen LogP contribution < -0.4 is 5.32 Å². The van der Waals surface area contributed by atoms with Gasteiger partial charge in [-0.3, -0.25) is 10.1 Å². The predicted octanol–water partition coefficient (Wildman–Crippen LogP) is 2.93. The first-order valence-corrected chi connectivity index (χ1v) is 6.76. The molecule has 0 aliphatic rings. The van der Waals surface area contributed by atoms with Crippen LogP contribution in [0.1, 0.15) is 38.8 Å². The van der Waals surface area contributed by atoms with Crippen LogP contribution in [0.3, 0.4) is 0 Å². The molecule has 0 saturated carbocycles. The lowest BCUT2D eigenvalue weighted by Gasteiger charge is -2.23. The fourth-order valence-corrected chi connectivity index (χ4v) is 1.91. The van der Waals surface area contributed by atoms with E-state index in [1.807, 2.05) is 13.8 Å². The maximum atomic E-state index is 11.5. The summed E-state index contributed by atoms with van der Waals surface area (Å²) in [6.07, 6.45) is 1.10. The standard InChI is InChI=1S/C16H25NO2/c1-12(2)10-13-6-8-14(9-7-13)11-17-16(3,4)15(18)19-5/h6-9,12,17H,10-11H2,1-5H3. The fourth-order valence-electron chi connectivity index (χ4n) is 1.91. The molecule has 0 radical (unpaired) electrons. The molecular weight excluding hydrogens is 238 g/mol. The zero-order chi connectivity index (χ0) is 14.5. The molecule has 0 unspecified atom stereocenters. The molecular formula is C16H25NO2. The molecule has 0 aliphatic carbocycles. The van der Waals surface area contributed by atoms with Gasteiger partial charge in [-0.1, -0.05) is 38.1 Å². The highest BCUT2D eigenvalue weighted by molar-refractivity contribution is 5.79. The highest BCUT2D eigenvalue weighted by Gasteiger charge is 2.27. The molecule has 0 atom stereocenters. The van der Waals surface area contributed by atoms with E-state index in [0.29, 0.717) is 12.5 Å². The van der Waals surface area contributed by atoms with E-state index in [0.717, 1.165) is 6.42 Å². The Bertz CT molecular complexity index is 407. The van der Waals surface area contributed by atoms with Gasteiger partial charge in [-0.2, -0.15) is 0 Å². The van der Waals surface area contributed by atoms with Crippen molar-refractivity contribution in [2.24, 2.45) is 5.92 Å². The number of hydrogen-bond donors (Lipinski definition) is 1. The van der Waals surface area contributed by atoms with Crippen molar-refractivity contribution < 1.29 is 9.53 Å². The first-order chi connectivity index (χ1) is 8.85. The predicted molar refractivity (Wildman–Crippen MR) is 77.9 cm³/mol. The second kappa shape index (κ2) is 6.71. The molecule has 0 saturated heterocycles. The fraction of sp³-hybridized carbons (Fsp3) is 0.562. The van der Waals surface area contributed by atoms with Crippen molar-refractivity contribution in [1.82, 2.24) is 5.32 Å². The molecule has 0 heterocycles. The normalized spacial score (nSPS) is 11.7. The summed E-state index contributed by atoms with van der Waals surface area (Å²) >= 11 is 0. The van der Waals surface area contributed by atoms with E-state index < -0.39 is 5.54 Å². The van der Waals surface area contributed by atoms with Gasteiger partial charge < -0.3 is 4.74 Å². The van der Waals surface area contributed by atoms with Crippen LogP contribution in [0.5, 0.6) is 0 Å². The highest BCUT2D eigenvalue weighted by Crippen LogP contribution is 2.11. The molecule has 0 amide bonds. The maximum absolute atomic E-state index is 11.5. The molecule has 1 aromatic rings. The van der Waals surface area contributed by atoms with Crippen LogP contribution in [-0.4, -0.2) is 18.6 Å². The van der Waals surface area contributed by atoms with Crippen LogP contribution in [0, 0.1) is 5.92 Å². The van der Waals surface area contributed by atoms with Gasteiger partial charge in [0.2, 0.25) is 0 Å². The number of benzene rings is 1. The molecule has 3 heteroatoms. The van der Waals surface area contributed by atoms with Crippen molar-refractivity contribution >= 4 is 5.97 Å². The topological polar surface area (TPSA) is 38.3 Å². The second-order valence-corrected chi connectivity index (χ2v) is 5.88. The molecule has 1 N–H and O–H groups in total. The van der Waals surface area contributed by atoms with E-state index in [1.165, 1.54) is 18.2 Å². The number of nitrogens with one attached hydrogen (secondary N) is 1. The lowest BCUT2D eigenvalue weighted by atomic mass is 10.0. The molecule has 0 fully saturated rings. The number of carbonyl (C=O) groups excluding carboxylic acids is 1. The summed E-state index contributed by atoms with van der Waals surface area (Å²) < 4.78 is 4.76. The third kappa shape index (κ3) is 5.03. The largest absolute Gasteiger partial charge is 0.468 e. The summed E-state index contributed by atoms with van der Waals surface area (Å²) in [6, 6.07) is 8.53. The minimum Gasteiger partial charge on any atom is -0.468 e. The maximum Gasteiger partial charge on any atom is 0.325 e. The number of esters is 1. The number of ether oxygens (including phenoxy) is 1. The Morgan fingerprint density at radius 1 is 1.21 bits per heavy atom. The van der Waals surface area contributed by atoms with E-state index in [2.05, 4.69) is 43.4 Å². The quantitative estimate of drug-likeness (QED) is 0.802. The first-order valence-electron chi connectivity index (χ1n) is 6.76. The van der Waals surface area contributed by atoms with Gasteiger partial charge in [-0.25, -0.2) is 0 Å². The molecule has 0 aliphatic heterocycles. The van der Waals surface area contributed by atoms with Crippen LogP contribution in [0.25, 0.3) is 0 Å². The molecule has 19 heavy (non-hydrogen) atoms. The average Bonchev–Trinajstić information content (AvgIpc) is 2.36. The Morgan fingerprint density at radius 2 is 1.74 bits per heavy atom. The van der Waals surface area contributed by atoms with Crippen LogP contribution >= 0.6 is 0 Å². The zero-order valence-electron chi connectivity index (χ0n) is 12.6. The lowest BCUT2D eigenvalue weighted by molar-refractivity contribution is -0.147. The molecule has 0 aromatic heterocycles. The number of rotatable bonds is 6. The molecule has 0 bridgehead atoms. The van der Waals surface area contributed by atoms with E-state index >= 15 is 0 Å². The summed E-state index contributed by atoms with van der Waals surface area (Å²) in [7, 11) is 1.41. The van der Waals surface area contributed by atoms with Gasteiger partial charge in [-0.15, -0.1) is 0 Å². The molecule has 0 spiro atoms. The van der Waals surface area contributed by atoms with E-state index in [9.17, 15) is 4.79 Å². The van der Waals surface area contributed by atoms with E-state index in [-0.39, 0.29) is 5.97 Å². The van der Waals surface area contributed by atoms with Crippen molar-refractivity contribution in [1.29, 1.82) is 0 Å². The Balaban J connectivity index is 2.57. The summed E-state index contributed by atoms with van der Waals surface area (Å²) in [5.74, 6) is 0.422. The minimum absolute atomic E-state index is 0.246. The molecule has 1 aromatic carbocycles. The summed E-state index contributed by atoms with van der Waals surface area (Å²) in [5, 5.41) is 3.21. The Kier molecular flexibility index (Phi) is 5.55.